The molecule has 2 unspecified atom stereocenters. The highest BCUT2D eigenvalue weighted by Gasteiger charge is 2.27. The first-order chi connectivity index (χ1) is 9.15. The summed E-state index contributed by atoms with van der Waals surface area (Å²) in [5.41, 5.74) is 6.83. The van der Waals surface area contributed by atoms with Gasteiger partial charge in [-0.05, 0) is 30.2 Å². The second-order valence-electron chi connectivity index (χ2n) is 4.81. The van der Waals surface area contributed by atoms with Crippen molar-refractivity contribution in [1.29, 1.82) is 0 Å². The molecule has 1 aliphatic heterocycles. The molecule has 2 atom stereocenters. The molecule has 0 saturated carbocycles. The minimum absolute atomic E-state index is 0.0306. The van der Waals surface area contributed by atoms with Crippen molar-refractivity contribution < 1.29 is 9.13 Å². The van der Waals surface area contributed by atoms with Gasteiger partial charge in [0.1, 0.15) is 5.82 Å². The van der Waals surface area contributed by atoms with Gasteiger partial charge in [0.25, 0.3) is 0 Å². The lowest BCUT2D eigenvalue weighted by Gasteiger charge is -2.38. The molecule has 0 aliphatic carbocycles. The molecule has 1 fully saturated rings. The molecule has 2 N–H and O–H groups in total. The fourth-order valence-electron chi connectivity index (χ4n) is 2.51. The molecular formula is C14H20BrFN2O. The van der Waals surface area contributed by atoms with Crippen LogP contribution in [-0.2, 0) is 4.74 Å². The van der Waals surface area contributed by atoms with E-state index in [1.54, 1.807) is 12.1 Å². The molecule has 3 nitrogen and oxygen atoms in total. The SMILES string of the molecule is CCC1CN(C(CN)c2cc(F)ccc2Br)CCO1. The van der Waals surface area contributed by atoms with Crippen LogP contribution in [0.25, 0.3) is 0 Å². The van der Waals surface area contributed by atoms with E-state index in [9.17, 15) is 4.39 Å². The van der Waals surface area contributed by atoms with E-state index in [4.69, 9.17) is 10.5 Å². The predicted molar refractivity (Wildman–Crippen MR) is 77.5 cm³/mol. The van der Waals surface area contributed by atoms with E-state index in [2.05, 4.69) is 27.8 Å². The van der Waals surface area contributed by atoms with Crippen molar-refractivity contribution >= 4 is 15.9 Å². The lowest BCUT2D eigenvalue weighted by molar-refractivity contribution is -0.0438. The maximum Gasteiger partial charge on any atom is 0.123 e. The van der Waals surface area contributed by atoms with E-state index in [0.717, 1.165) is 29.5 Å². The van der Waals surface area contributed by atoms with Gasteiger partial charge < -0.3 is 10.5 Å². The Balaban J connectivity index is 2.21. The number of benzene rings is 1. The Hall–Kier alpha value is -0.490. The first-order valence-corrected chi connectivity index (χ1v) is 7.45. The summed E-state index contributed by atoms with van der Waals surface area (Å²) < 4.78 is 20.0. The number of ether oxygens (including phenoxy) is 1. The Bertz CT molecular complexity index is 430. The maximum atomic E-state index is 13.4. The lowest BCUT2D eigenvalue weighted by atomic mass is 10.0. The van der Waals surface area contributed by atoms with Crippen molar-refractivity contribution in [2.24, 2.45) is 5.73 Å². The van der Waals surface area contributed by atoms with Crippen LogP contribution in [0.15, 0.2) is 22.7 Å². The second-order valence-corrected chi connectivity index (χ2v) is 5.67. The molecule has 1 aromatic rings. The first-order valence-electron chi connectivity index (χ1n) is 6.66. The molecule has 0 spiro atoms. The highest BCUT2D eigenvalue weighted by Crippen LogP contribution is 2.29. The van der Waals surface area contributed by atoms with Crippen molar-refractivity contribution in [1.82, 2.24) is 4.90 Å². The van der Waals surface area contributed by atoms with Crippen LogP contribution < -0.4 is 5.73 Å². The van der Waals surface area contributed by atoms with Gasteiger partial charge in [-0.1, -0.05) is 22.9 Å². The van der Waals surface area contributed by atoms with Crippen LogP contribution in [0, 0.1) is 5.82 Å². The summed E-state index contributed by atoms with van der Waals surface area (Å²) in [5, 5.41) is 0. The molecule has 0 amide bonds. The minimum atomic E-state index is -0.225. The molecule has 0 bridgehead atoms. The van der Waals surface area contributed by atoms with Gasteiger partial charge in [0, 0.05) is 30.1 Å². The summed E-state index contributed by atoms with van der Waals surface area (Å²) in [6, 6.07) is 4.79. The number of nitrogens with zero attached hydrogens (tertiary/aromatic N) is 1. The molecule has 0 aromatic heterocycles. The molecule has 1 aromatic carbocycles. The van der Waals surface area contributed by atoms with Crippen molar-refractivity contribution in [2.75, 3.05) is 26.2 Å². The Morgan fingerprint density at radius 3 is 3.05 bits per heavy atom. The van der Waals surface area contributed by atoms with Crippen molar-refractivity contribution in [3.63, 3.8) is 0 Å². The highest BCUT2D eigenvalue weighted by atomic mass is 79.9. The normalized spacial score (nSPS) is 22.4. The van der Waals surface area contributed by atoms with Crippen LogP contribution in [0.2, 0.25) is 0 Å². The van der Waals surface area contributed by atoms with Crippen LogP contribution in [-0.4, -0.2) is 37.2 Å². The van der Waals surface area contributed by atoms with E-state index in [1.165, 1.54) is 6.07 Å². The zero-order chi connectivity index (χ0) is 13.8. The molecule has 2 rings (SSSR count). The molecule has 1 saturated heterocycles. The smallest absolute Gasteiger partial charge is 0.123 e. The zero-order valence-electron chi connectivity index (χ0n) is 11.1. The Labute approximate surface area is 122 Å². The van der Waals surface area contributed by atoms with Gasteiger partial charge in [0.05, 0.1) is 12.7 Å². The molecule has 19 heavy (non-hydrogen) atoms. The van der Waals surface area contributed by atoms with Gasteiger partial charge in [-0.25, -0.2) is 4.39 Å². The van der Waals surface area contributed by atoms with Crippen molar-refractivity contribution in [3.8, 4) is 0 Å². The molecule has 1 aliphatic rings. The van der Waals surface area contributed by atoms with Gasteiger partial charge in [-0.15, -0.1) is 0 Å². The topological polar surface area (TPSA) is 38.5 Å². The average Bonchev–Trinajstić information content (AvgIpc) is 2.44. The molecule has 1 heterocycles. The van der Waals surface area contributed by atoms with Crippen LogP contribution in [0.4, 0.5) is 4.39 Å². The van der Waals surface area contributed by atoms with Gasteiger partial charge in [0.15, 0.2) is 0 Å². The third-order valence-electron chi connectivity index (χ3n) is 3.61. The number of halogens is 2. The maximum absolute atomic E-state index is 13.4. The standard InChI is InChI=1S/C14H20BrFN2O/c1-2-11-9-18(5-6-19-11)14(8-17)12-7-10(16)3-4-13(12)15/h3-4,7,11,14H,2,5-6,8-9,17H2,1H3. The minimum Gasteiger partial charge on any atom is -0.376 e. The van der Waals surface area contributed by atoms with Gasteiger partial charge in [-0.3, -0.25) is 4.90 Å². The van der Waals surface area contributed by atoms with E-state index in [-0.39, 0.29) is 18.0 Å². The summed E-state index contributed by atoms with van der Waals surface area (Å²) in [7, 11) is 0. The van der Waals surface area contributed by atoms with Crippen LogP contribution >= 0.6 is 15.9 Å². The largest absolute Gasteiger partial charge is 0.376 e. The van der Waals surface area contributed by atoms with Gasteiger partial charge in [0.2, 0.25) is 0 Å². The highest BCUT2D eigenvalue weighted by molar-refractivity contribution is 9.10. The summed E-state index contributed by atoms with van der Waals surface area (Å²) in [6.45, 7) is 4.98. The monoisotopic (exact) mass is 330 g/mol. The Morgan fingerprint density at radius 2 is 2.37 bits per heavy atom. The van der Waals surface area contributed by atoms with Crippen molar-refractivity contribution in [3.05, 3.63) is 34.1 Å². The number of hydrogen-bond donors (Lipinski definition) is 1. The summed E-state index contributed by atoms with van der Waals surface area (Å²) in [6.07, 6.45) is 1.23. The molecule has 5 heteroatoms. The number of morpholine rings is 1. The fourth-order valence-corrected chi connectivity index (χ4v) is 3.03. The van der Waals surface area contributed by atoms with Crippen LogP contribution in [0.1, 0.15) is 24.9 Å². The van der Waals surface area contributed by atoms with Gasteiger partial charge >= 0.3 is 0 Å². The fraction of sp³-hybridized carbons (Fsp3) is 0.571. The Kier molecular flexibility index (Phi) is 5.33. The summed E-state index contributed by atoms with van der Waals surface area (Å²) in [4.78, 5) is 2.29. The van der Waals surface area contributed by atoms with Crippen LogP contribution in [0.5, 0.6) is 0 Å². The summed E-state index contributed by atoms with van der Waals surface area (Å²) in [5.74, 6) is -0.225. The first kappa shape index (κ1) is 14.9. The number of nitrogens with two attached hydrogens (primary N) is 1. The third-order valence-corrected chi connectivity index (χ3v) is 4.33. The molecular weight excluding hydrogens is 311 g/mol. The lowest BCUT2D eigenvalue weighted by Crippen LogP contribution is -2.46. The van der Waals surface area contributed by atoms with Gasteiger partial charge in [-0.2, -0.15) is 0 Å². The number of rotatable bonds is 4. The van der Waals surface area contributed by atoms with E-state index >= 15 is 0 Å². The third kappa shape index (κ3) is 3.54. The Morgan fingerprint density at radius 1 is 1.58 bits per heavy atom. The molecule has 0 radical (unpaired) electrons. The average molecular weight is 331 g/mol. The summed E-state index contributed by atoms with van der Waals surface area (Å²) >= 11 is 3.49. The zero-order valence-corrected chi connectivity index (χ0v) is 12.7. The molecule has 106 valence electrons. The second kappa shape index (κ2) is 6.79. The van der Waals surface area contributed by atoms with E-state index in [0.29, 0.717) is 13.2 Å². The predicted octanol–water partition coefficient (Wildman–Crippen LogP) is 2.70. The quantitative estimate of drug-likeness (QED) is 0.922. The van der Waals surface area contributed by atoms with E-state index < -0.39 is 0 Å². The van der Waals surface area contributed by atoms with Crippen LogP contribution in [0.3, 0.4) is 0 Å². The van der Waals surface area contributed by atoms with E-state index in [1.807, 2.05) is 0 Å². The number of hydrogen-bond acceptors (Lipinski definition) is 3. The van der Waals surface area contributed by atoms with Crippen molar-refractivity contribution in [2.45, 2.75) is 25.5 Å².